The second-order valence-corrected chi connectivity index (χ2v) is 7.70. The molecule has 2 heterocycles. The fourth-order valence-electron chi connectivity index (χ4n) is 4.92. The molecular formula is C22H21FN2O. The smallest absolute Gasteiger partial charge is 0.220 e. The second-order valence-electron chi connectivity index (χ2n) is 7.70. The molecule has 1 N–H and O–H groups in total. The zero-order valence-electron chi connectivity index (χ0n) is 14.8. The summed E-state index contributed by atoms with van der Waals surface area (Å²) in [6.45, 7) is 2.32. The maximum absolute atomic E-state index is 13.9. The Bertz CT molecular complexity index is 1020. The van der Waals surface area contributed by atoms with Crippen molar-refractivity contribution in [3.05, 3.63) is 71.2 Å². The number of nitrogens with zero attached hydrogens (tertiary/aromatic N) is 1. The van der Waals surface area contributed by atoms with Crippen LogP contribution in [-0.4, -0.2) is 22.3 Å². The first-order valence-corrected chi connectivity index (χ1v) is 9.23. The lowest BCUT2D eigenvalue weighted by molar-refractivity contribution is -0.133. The minimum Gasteiger partial charge on any atom is -0.356 e. The summed E-state index contributed by atoms with van der Waals surface area (Å²) in [7, 11) is 0. The maximum atomic E-state index is 13.9. The molecule has 0 saturated heterocycles. The number of carbonyl (C=O) groups excluding carboxylic acids is 1. The van der Waals surface area contributed by atoms with Crippen molar-refractivity contribution >= 4 is 16.8 Å². The Balaban J connectivity index is 1.80. The Morgan fingerprint density at radius 2 is 2.00 bits per heavy atom. The predicted molar refractivity (Wildman–Crippen MR) is 99.5 cm³/mol. The number of hydrogen-bond donors (Lipinski definition) is 1. The van der Waals surface area contributed by atoms with Crippen LogP contribution in [-0.2, 0) is 10.2 Å². The number of fused-ring (bicyclic) bond motifs is 4. The molecule has 1 aromatic heterocycles. The molecule has 5 rings (SSSR count). The van der Waals surface area contributed by atoms with Crippen LogP contribution in [0.25, 0.3) is 10.9 Å². The fraction of sp³-hybridized carbons (Fsp3) is 0.318. The average Bonchev–Trinajstić information content (AvgIpc) is 2.98. The second kappa shape index (κ2) is 5.44. The molecule has 1 aliphatic carbocycles. The van der Waals surface area contributed by atoms with Crippen LogP contribution < -0.4 is 0 Å². The summed E-state index contributed by atoms with van der Waals surface area (Å²) in [6, 6.07) is 14.7. The highest BCUT2D eigenvalue weighted by atomic mass is 19.1. The number of benzene rings is 2. The Morgan fingerprint density at radius 3 is 2.69 bits per heavy atom. The summed E-state index contributed by atoms with van der Waals surface area (Å²) in [5.74, 6) is -0.234. The van der Waals surface area contributed by atoms with E-state index < -0.39 is 0 Å². The molecule has 3 aromatic rings. The van der Waals surface area contributed by atoms with E-state index in [9.17, 15) is 9.18 Å². The molecule has 4 heteroatoms. The van der Waals surface area contributed by atoms with Gasteiger partial charge in [-0.1, -0.05) is 36.8 Å². The van der Waals surface area contributed by atoms with Crippen LogP contribution in [0.5, 0.6) is 0 Å². The number of amides is 1. The SMILES string of the molecule is CC(=O)N1CC2(CCC2)c2c([nH]c3ccccc23)C1c1cccc(F)c1. The zero-order chi connectivity index (χ0) is 17.9. The summed E-state index contributed by atoms with van der Waals surface area (Å²) in [5.41, 5.74) is 4.34. The van der Waals surface area contributed by atoms with Crippen LogP contribution in [0.3, 0.4) is 0 Å². The van der Waals surface area contributed by atoms with Crippen LogP contribution in [0.15, 0.2) is 48.5 Å². The van der Waals surface area contributed by atoms with E-state index in [1.165, 1.54) is 23.4 Å². The van der Waals surface area contributed by atoms with Crippen LogP contribution in [0.1, 0.15) is 49.0 Å². The first-order valence-electron chi connectivity index (χ1n) is 9.23. The fourth-order valence-corrected chi connectivity index (χ4v) is 4.92. The number of para-hydroxylation sites is 1. The number of aromatic nitrogens is 1. The molecule has 2 aliphatic rings. The summed E-state index contributed by atoms with van der Waals surface area (Å²) in [5, 5.41) is 1.24. The number of hydrogen-bond acceptors (Lipinski definition) is 1. The van der Waals surface area contributed by atoms with Gasteiger partial charge in [-0.3, -0.25) is 4.79 Å². The third kappa shape index (κ3) is 2.08. The van der Waals surface area contributed by atoms with Crippen molar-refractivity contribution in [1.29, 1.82) is 0 Å². The Labute approximate surface area is 151 Å². The molecule has 1 unspecified atom stereocenters. The lowest BCUT2D eigenvalue weighted by Crippen LogP contribution is -2.53. The number of halogens is 1. The van der Waals surface area contributed by atoms with Gasteiger partial charge in [-0.15, -0.1) is 0 Å². The van der Waals surface area contributed by atoms with Crippen molar-refractivity contribution in [3.8, 4) is 0 Å². The van der Waals surface area contributed by atoms with E-state index in [0.717, 1.165) is 29.6 Å². The standard InChI is InChI=1S/C22H21FN2O/c1-14(26)25-13-22(10-5-11-22)19-17-8-2-3-9-18(17)24-20(19)21(25)15-6-4-7-16(23)12-15/h2-4,6-9,12,21,24H,5,10-11,13H2,1H3. The summed E-state index contributed by atoms with van der Waals surface area (Å²) >= 11 is 0. The van der Waals surface area contributed by atoms with Crippen LogP contribution in [0, 0.1) is 5.82 Å². The van der Waals surface area contributed by atoms with Gasteiger partial charge in [-0.05, 0) is 42.2 Å². The topological polar surface area (TPSA) is 36.1 Å². The van der Waals surface area contributed by atoms with E-state index >= 15 is 0 Å². The first kappa shape index (κ1) is 15.6. The number of nitrogens with one attached hydrogen (secondary N) is 1. The van der Waals surface area contributed by atoms with Gasteiger partial charge in [0.25, 0.3) is 0 Å². The van der Waals surface area contributed by atoms with Gasteiger partial charge < -0.3 is 9.88 Å². The van der Waals surface area contributed by atoms with Crippen LogP contribution >= 0.6 is 0 Å². The first-order chi connectivity index (χ1) is 12.6. The van der Waals surface area contributed by atoms with E-state index in [0.29, 0.717) is 6.54 Å². The van der Waals surface area contributed by atoms with Crippen molar-refractivity contribution in [2.75, 3.05) is 6.54 Å². The van der Waals surface area contributed by atoms with Crippen molar-refractivity contribution in [1.82, 2.24) is 9.88 Å². The van der Waals surface area contributed by atoms with Gasteiger partial charge in [0.05, 0.1) is 6.04 Å². The van der Waals surface area contributed by atoms with Gasteiger partial charge in [-0.25, -0.2) is 4.39 Å². The lowest BCUT2D eigenvalue weighted by Gasteiger charge is -2.51. The summed E-state index contributed by atoms with van der Waals surface area (Å²) in [4.78, 5) is 18.0. The molecule has 1 amide bonds. The van der Waals surface area contributed by atoms with E-state index in [4.69, 9.17) is 0 Å². The van der Waals surface area contributed by atoms with Gasteiger partial charge in [0.1, 0.15) is 5.82 Å². The van der Waals surface area contributed by atoms with Crippen molar-refractivity contribution in [2.45, 2.75) is 37.6 Å². The lowest BCUT2D eigenvalue weighted by atomic mass is 9.61. The molecule has 132 valence electrons. The predicted octanol–water partition coefficient (Wildman–Crippen LogP) is 4.68. The molecule has 3 nitrogen and oxygen atoms in total. The van der Waals surface area contributed by atoms with Gasteiger partial charge in [0.15, 0.2) is 0 Å². The van der Waals surface area contributed by atoms with E-state index in [2.05, 4.69) is 23.2 Å². The third-order valence-corrected chi connectivity index (χ3v) is 6.20. The minimum absolute atomic E-state index is 0.0322. The van der Waals surface area contributed by atoms with Gasteiger partial charge >= 0.3 is 0 Å². The normalized spacial score (nSPS) is 20.8. The van der Waals surface area contributed by atoms with Gasteiger partial charge in [0, 0.05) is 35.5 Å². The zero-order valence-corrected chi connectivity index (χ0v) is 14.8. The van der Waals surface area contributed by atoms with Crippen LogP contribution in [0.2, 0.25) is 0 Å². The number of rotatable bonds is 1. The molecule has 1 saturated carbocycles. The number of carbonyl (C=O) groups is 1. The van der Waals surface area contributed by atoms with Gasteiger partial charge in [-0.2, -0.15) is 0 Å². The molecule has 1 fully saturated rings. The molecule has 0 radical (unpaired) electrons. The Morgan fingerprint density at radius 1 is 1.19 bits per heavy atom. The molecule has 0 bridgehead atoms. The van der Waals surface area contributed by atoms with E-state index in [1.54, 1.807) is 19.1 Å². The van der Waals surface area contributed by atoms with Crippen molar-refractivity contribution in [2.24, 2.45) is 0 Å². The van der Waals surface area contributed by atoms with E-state index in [-0.39, 0.29) is 23.2 Å². The quantitative estimate of drug-likeness (QED) is 0.681. The average molecular weight is 348 g/mol. The monoisotopic (exact) mass is 348 g/mol. The maximum Gasteiger partial charge on any atom is 0.220 e. The van der Waals surface area contributed by atoms with Crippen molar-refractivity contribution in [3.63, 3.8) is 0 Å². The molecule has 1 aliphatic heterocycles. The number of H-pyrrole nitrogens is 1. The van der Waals surface area contributed by atoms with Crippen molar-refractivity contribution < 1.29 is 9.18 Å². The highest BCUT2D eigenvalue weighted by Gasteiger charge is 2.50. The van der Waals surface area contributed by atoms with Gasteiger partial charge in [0.2, 0.25) is 5.91 Å². The molecule has 1 spiro atoms. The largest absolute Gasteiger partial charge is 0.356 e. The molecule has 1 atom stereocenters. The molecule has 26 heavy (non-hydrogen) atoms. The Hall–Kier alpha value is -2.62. The molecular weight excluding hydrogens is 327 g/mol. The Kier molecular flexibility index (Phi) is 3.27. The summed E-state index contributed by atoms with van der Waals surface area (Å²) < 4.78 is 13.9. The summed E-state index contributed by atoms with van der Waals surface area (Å²) in [6.07, 6.45) is 3.39. The van der Waals surface area contributed by atoms with E-state index in [1.807, 2.05) is 17.0 Å². The molecule has 2 aromatic carbocycles. The highest BCUT2D eigenvalue weighted by molar-refractivity contribution is 5.88. The highest BCUT2D eigenvalue weighted by Crippen LogP contribution is 2.54. The third-order valence-electron chi connectivity index (χ3n) is 6.20. The number of aromatic amines is 1. The minimum atomic E-state index is -0.271. The van der Waals surface area contributed by atoms with Crippen LogP contribution in [0.4, 0.5) is 4.39 Å².